The second-order valence-corrected chi connectivity index (χ2v) is 17.7. The van der Waals surface area contributed by atoms with Crippen LogP contribution in [0, 0.1) is 29.6 Å². The van der Waals surface area contributed by atoms with Crippen LogP contribution in [0.4, 0.5) is 0 Å². The third kappa shape index (κ3) is 10.2. The highest BCUT2D eigenvalue weighted by Gasteiger charge is 2.58. The van der Waals surface area contributed by atoms with Crippen LogP contribution in [-0.2, 0) is 33.2 Å². The first kappa shape index (κ1) is 47.9. The van der Waals surface area contributed by atoms with E-state index in [1.54, 1.807) is 48.5 Å². The fourth-order valence-corrected chi connectivity index (χ4v) is 9.16. The van der Waals surface area contributed by atoms with Crippen LogP contribution in [0.5, 0.6) is 0 Å². The summed E-state index contributed by atoms with van der Waals surface area (Å²) in [5.74, 6) is 2.95. The molecule has 0 spiro atoms. The zero-order valence-corrected chi connectivity index (χ0v) is 36.1. The zero-order chi connectivity index (χ0) is 42.0. The molecule has 3 heterocycles. The molecule has 3 aliphatic heterocycles. The van der Waals surface area contributed by atoms with E-state index < -0.39 is 95.5 Å². The van der Waals surface area contributed by atoms with E-state index in [-0.39, 0.29) is 37.3 Å². The monoisotopic (exact) mass is 787 g/mol. The van der Waals surface area contributed by atoms with Gasteiger partial charge in [-0.2, -0.15) is 0 Å². The smallest absolute Gasteiger partial charge is 0.311 e. The van der Waals surface area contributed by atoms with Crippen molar-refractivity contribution < 1.29 is 58.7 Å². The summed E-state index contributed by atoms with van der Waals surface area (Å²) in [4.78, 5) is 18.2. The topological polar surface area (TPSA) is 180 Å². The molecule has 3 aliphatic rings. The zero-order valence-electron chi connectivity index (χ0n) is 36.1. The first-order valence-electron chi connectivity index (χ1n) is 20.0. The lowest BCUT2D eigenvalue weighted by molar-refractivity contribution is -0.327. The number of ether oxygens (including phenoxy) is 6. The summed E-state index contributed by atoms with van der Waals surface area (Å²) in [6.45, 7) is 19.5. The van der Waals surface area contributed by atoms with Crippen LogP contribution in [0.15, 0.2) is 0 Å². The van der Waals surface area contributed by atoms with Gasteiger partial charge in [0.25, 0.3) is 0 Å². The molecule has 55 heavy (non-hydrogen) atoms. The number of carbonyl (C=O) groups excluding carboxylic acids is 1. The van der Waals surface area contributed by atoms with Gasteiger partial charge in [0.05, 0.1) is 29.8 Å². The van der Waals surface area contributed by atoms with Crippen LogP contribution >= 0.6 is 0 Å². The van der Waals surface area contributed by atoms with E-state index in [0.717, 1.165) is 0 Å². The average molecular weight is 787 g/mol. The molecule has 0 aromatic rings. The highest BCUT2D eigenvalue weighted by Crippen LogP contribution is 2.43. The van der Waals surface area contributed by atoms with Crippen molar-refractivity contribution in [3.8, 4) is 11.8 Å². The molecule has 5 N–H and O–H groups in total. The summed E-state index contributed by atoms with van der Waals surface area (Å²) >= 11 is 0. The van der Waals surface area contributed by atoms with Crippen molar-refractivity contribution in [2.75, 3.05) is 34.8 Å². The van der Waals surface area contributed by atoms with E-state index in [9.17, 15) is 30.3 Å². The van der Waals surface area contributed by atoms with Crippen molar-refractivity contribution in [2.45, 2.75) is 192 Å². The summed E-state index contributed by atoms with van der Waals surface area (Å²) < 4.78 is 38.0. The number of hydrogen-bond donors (Lipinski definition) is 5. The fraction of sp³-hybridized carbons (Fsp3) is 0.927. The van der Waals surface area contributed by atoms with E-state index in [1.807, 2.05) is 51.7 Å². The van der Waals surface area contributed by atoms with Gasteiger partial charge in [-0.05, 0) is 102 Å². The van der Waals surface area contributed by atoms with Gasteiger partial charge >= 0.3 is 5.97 Å². The number of carbonyl (C=O) groups is 1. The second-order valence-electron chi connectivity index (χ2n) is 17.7. The van der Waals surface area contributed by atoms with Gasteiger partial charge < -0.3 is 63.8 Å². The molecule has 3 saturated heterocycles. The molecule has 320 valence electrons. The minimum Gasteiger partial charge on any atom is -0.459 e. The number of likely N-dealkylation sites (N-methyl/N-ethyl adjacent to an activating group) is 2. The van der Waals surface area contributed by atoms with Gasteiger partial charge in [0.2, 0.25) is 0 Å². The van der Waals surface area contributed by atoms with Crippen LogP contribution in [0.3, 0.4) is 0 Å². The van der Waals surface area contributed by atoms with Gasteiger partial charge in [-0.3, -0.25) is 4.79 Å². The standard InChI is InChI=1S/C41H74N2O12/c1-16-18-41(49)28(8)52-31(21-39(41,10)50-15)54-33-25(5)35(55-37-32(44)29(42(12)13)19-24(4)51-37)38(9,47)20-23(3)22-43(14)27(7)34(45)40(11,48)30(17-2)53-36(46)26(33)6/h23-35,37,44-45,47-49H,17,19-22H2,1-15H3/t23-,24-,25+,26-,27-,28+,29+,30-,31+,32-,33+,34-,35-,37+,38-,39-,40-,41-/m1/s1. The molecular formula is C41H74N2O12. The molecular weight excluding hydrogens is 712 g/mol. The molecule has 14 heteroatoms. The lowest BCUT2D eigenvalue weighted by Crippen LogP contribution is -2.66. The highest BCUT2D eigenvalue weighted by molar-refractivity contribution is 5.73. The predicted molar refractivity (Wildman–Crippen MR) is 207 cm³/mol. The van der Waals surface area contributed by atoms with Gasteiger partial charge in [0.15, 0.2) is 18.2 Å². The first-order valence-corrected chi connectivity index (χ1v) is 20.0. The largest absolute Gasteiger partial charge is 0.459 e. The Morgan fingerprint density at radius 2 is 1.60 bits per heavy atom. The molecule has 0 aromatic heterocycles. The Bertz CT molecular complexity index is 1320. The number of hydrogen-bond acceptors (Lipinski definition) is 14. The van der Waals surface area contributed by atoms with Crippen molar-refractivity contribution in [3.63, 3.8) is 0 Å². The number of nitrogens with zero attached hydrogens (tertiary/aromatic N) is 2. The van der Waals surface area contributed by atoms with Crippen LogP contribution < -0.4 is 0 Å². The molecule has 18 atom stereocenters. The minimum atomic E-state index is -1.82. The Morgan fingerprint density at radius 1 is 0.982 bits per heavy atom. The molecule has 0 bridgehead atoms. The van der Waals surface area contributed by atoms with Crippen molar-refractivity contribution in [3.05, 3.63) is 0 Å². The van der Waals surface area contributed by atoms with Gasteiger partial charge in [-0.25, -0.2) is 0 Å². The van der Waals surface area contributed by atoms with E-state index in [2.05, 4.69) is 11.8 Å². The number of aliphatic hydroxyl groups excluding tert-OH is 2. The van der Waals surface area contributed by atoms with Gasteiger partial charge in [0.1, 0.15) is 35.6 Å². The molecule has 0 aromatic carbocycles. The van der Waals surface area contributed by atoms with Crippen molar-refractivity contribution in [2.24, 2.45) is 17.8 Å². The summed E-state index contributed by atoms with van der Waals surface area (Å²) in [5, 5.41) is 59.2. The van der Waals surface area contributed by atoms with Crippen LogP contribution in [0.2, 0.25) is 0 Å². The lowest BCUT2D eigenvalue weighted by atomic mass is 9.75. The SMILES string of the molecule is CC#C[C@@]1(O)[C@H](C)O[C@@H](O[C@H]2[C@H](C)[C@@H](O[C@@H]3O[C@H](C)C[C@H](N(C)C)[C@H]3O)[C@](C)(O)C[C@@H](C)CN(C)[C@H](C)[C@@H](O)[C@](C)(O)[C@@H](CC)OC(=O)[C@@H]2C)C[C@@]1(C)OC. The highest BCUT2D eigenvalue weighted by atomic mass is 16.7. The summed E-state index contributed by atoms with van der Waals surface area (Å²) in [5.41, 5.74) is -6.33. The maximum Gasteiger partial charge on any atom is 0.311 e. The number of cyclic esters (lactones) is 1. The van der Waals surface area contributed by atoms with E-state index in [0.29, 0.717) is 13.0 Å². The molecule has 0 amide bonds. The Hall–Kier alpha value is -1.45. The number of esters is 1. The summed E-state index contributed by atoms with van der Waals surface area (Å²) in [6, 6.07) is -0.836. The number of methoxy groups -OCH3 is 1. The van der Waals surface area contributed by atoms with E-state index in [1.165, 1.54) is 14.0 Å². The van der Waals surface area contributed by atoms with E-state index in [4.69, 9.17) is 28.4 Å². The van der Waals surface area contributed by atoms with Crippen LogP contribution in [0.1, 0.15) is 102 Å². The van der Waals surface area contributed by atoms with Gasteiger partial charge in [0, 0.05) is 38.1 Å². The minimum absolute atomic E-state index is 0.0259. The summed E-state index contributed by atoms with van der Waals surface area (Å²) in [7, 11) is 7.08. The Balaban J connectivity index is 2.21. The van der Waals surface area contributed by atoms with Crippen molar-refractivity contribution in [1.29, 1.82) is 0 Å². The van der Waals surface area contributed by atoms with Crippen LogP contribution in [0.25, 0.3) is 0 Å². The van der Waals surface area contributed by atoms with Crippen molar-refractivity contribution in [1.82, 2.24) is 9.80 Å². The van der Waals surface area contributed by atoms with Crippen LogP contribution in [-0.4, -0.2) is 166 Å². The number of aliphatic hydroxyl groups is 5. The third-order valence-electron chi connectivity index (χ3n) is 12.8. The average Bonchev–Trinajstić information content (AvgIpc) is 3.09. The maximum absolute atomic E-state index is 14.3. The Morgan fingerprint density at radius 3 is 2.15 bits per heavy atom. The molecule has 0 unspecified atom stereocenters. The normalized spacial score (nSPS) is 48.6. The second kappa shape index (κ2) is 18.6. The molecule has 0 aliphatic carbocycles. The quantitative estimate of drug-likeness (QED) is 0.188. The molecule has 0 saturated carbocycles. The lowest BCUT2D eigenvalue weighted by Gasteiger charge is -2.51. The molecule has 0 radical (unpaired) electrons. The summed E-state index contributed by atoms with van der Waals surface area (Å²) in [6.07, 6.45) is -7.86. The predicted octanol–water partition coefficient (Wildman–Crippen LogP) is 2.29. The van der Waals surface area contributed by atoms with Gasteiger partial charge in [-0.15, -0.1) is 5.92 Å². The van der Waals surface area contributed by atoms with E-state index >= 15 is 0 Å². The first-order chi connectivity index (χ1) is 25.3. The maximum atomic E-state index is 14.3. The fourth-order valence-electron chi connectivity index (χ4n) is 9.16. The molecule has 3 fully saturated rings. The molecule has 14 nitrogen and oxygen atoms in total. The molecule has 3 rings (SSSR count). The van der Waals surface area contributed by atoms with Gasteiger partial charge in [-0.1, -0.05) is 26.7 Å². The Kier molecular flexibility index (Phi) is 16.2. The Labute approximate surface area is 330 Å². The third-order valence-corrected chi connectivity index (χ3v) is 12.8. The van der Waals surface area contributed by atoms with Crippen molar-refractivity contribution >= 4 is 5.97 Å². The number of rotatable bonds is 7.